The molecule has 0 aromatic heterocycles. The third kappa shape index (κ3) is 26.9. The molecule has 0 aromatic carbocycles. The zero-order valence-electron chi connectivity index (χ0n) is 33.8. The molecule has 4 N–H and O–H groups in total. The fourth-order valence-corrected chi connectivity index (χ4v) is 7.02. The Kier molecular flexibility index (Phi) is 33.9. The third-order valence-corrected chi connectivity index (χ3v) is 10.5. The smallest absolute Gasteiger partial charge is 0.306 e. The lowest BCUT2D eigenvalue weighted by Crippen LogP contribution is -2.59. The van der Waals surface area contributed by atoms with Crippen molar-refractivity contribution >= 4 is 5.97 Å². The lowest BCUT2D eigenvalue weighted by Gasteiger charge is -2.39. The van der Waals surface area contributed by atoms with E-state index in [1.54, 1.807) is 0 Å². The van der Waals surface area contributed by atoms with E-state index in [1.165, 1.54) is 154 Å². The van der Waals surface area contributed by atoms with E-state index >= 15 is 0 Å². The Morgan fingerprint density at radius 3 is 1.37 bits per heavy atom. The van der Waals surface area contributed by atoms with Crippen LogP contribution in [0.2, 0.25) is 0 Å². The topological polar surface area (TPSA) is 135 Å². The standard InChI is InChI=1S/C43H84O9/c1-3-5-7-9-11-13-14-15-16-17-18-19-20-21-22-23-24-26-28-30-32-39(45)51-37(35-49-33-31-29-27-25-12-10-8-6-4-2)36-50-43-42(48)41(47)40(46)38(34-44)52-43/h37-38,40-44,46-48H,3-36H2,1-2H3. The van der Waals surface area contributed by atoms with Crippen LogP contribution in [0.25, 0.3) is 0 Å². The van der Waals surface area contributed by atoms with Crippen molar-refractivity contribution in [2.75, 3.05) is 26.4 Å². The van der Waals surface area contributed by atoms with Crippen molar-refractivity contribution in [3.8, 4) is 0 Å². The summed E-state index contributed by atoms with van der Waals surface area (Å²) in [6.45, 7) is 4.58. The summed E-state index contributed by atoms with van der Waals surface area (Å²) in [7, 11) is 0. The highest BCUT2D eigenvalue weighted by Gasteiger charge is 2.44. The van der Waals surface area contributed by atoms with Gasteiger partial charge < -0.3 is 39.4 Å². The number of rotatable bonds is 38. The molecule has 1 aliphatic heterocycles. The van der Waals surface area contributed by atoms with Gasteiger partial charge in [0.1, 0.15) is 30.5 Å². The van der Waals surface area contributed by atoms with Gasteiger partial charge >= 0.3 is 5.97 Å². The van der Waals surface area contributed by atoms with E-state index in [2.05, 4.69) is 13.8 Å². The minimum atomic E-state index is -1.53. The molecule has 0 radical (unpaired) electrons. The Morgan fingerprint density at radius 1 is 0.538 bits per heavy atom. The molecule has 9 nitrogen and oxygen atoms in total. The van der Waals surface area contributed by atoms with Crippen LogP contribution in [-0.4, -0.2) is 89.6 Å². The molecule has 310 valence electrons. The van der Waals surface area contributed by atoms with Gasteiger partial charge in [-0.05, 0) is 12.8 Å². The van der Waals surface area contributed by atoms with Gasteiger partial charge in [0.15, 0.2) is 6.29 Å². The fraction of sp³-hybridized carbons (Fsp3) is 0.977. The van der Waals surface area contributed by atoms with Gasteiger partial charge in [-0.1, -0.05) is 187 Å². The summed E-state index contributed by atoms with van der Waals surface area (Å²) in [4.78, 5) is 12.7. The first-order chi connectivity index (χ1) is 25.4. The summed E-state index contributed by atoms with van der Waals surface area (Å²) in [6.07, 6.45) is 29.9. The largest absolute Gasteiger partial charge is 0.457 e. The normalized spacial score (nSPS) is 21.1. The maximum Gasteiger partial charge on any atom is 0.306 e. The second-order valence-corrected chi connectivity index (χ2v) is 15.5. The Bertz CT molecular complexity index is 767. The predicted octanol–water partition coefficient (Wildman–Crippen LogP) is 9.47. The van der Waals surface area contributed by atoms with Crippen LogP contribution in [0, 0.1) is 0 Å². The van der Waals surface area contributed by atoms with E-state index < -0.39 is 43.4 Å². The SMILES string of the molecule is CCCCCCCCCCCCCCCCCCCCCCC(=O)OC(COCCCCCCCCCCC)COC1OC(CO)C(O)C(O)C1O. The summed E-state index contributed by atoms with van der Waals surface area (Å²) in [5, 5.41) is 40.0. The van der Waals surface area contributed by atoms with Crippen LogP contribution in [0.15, 0.2) is 0 Å². The van der Waals surface area contributed by atoms with Gasteiger partial charge in [-0.25, -0.2) is 0 Å². The van der Waals surface area contributed by atoms with Crippen LogP contribution in [-0.2, 0) is 23.7 Å². The van der Waals surface area contributed by atoms with Crippen molar-refractivity contribution in [2.45, 2.75) is 243 Å². The summed E-state index contributed by atoms with van der Waals surface area (Å²) < 4.78 is 22.7. The van der Waals surface area contributed by atoms with E-state index in [4.69, 9.17) is 18.9 Å². The Hall–Kier alpha value is -0.810. The van der Waals surface area contributed by atoms with Crippen LogP contribution >= 0.6 is 0 Å². The second kappa shape index (κ2) is 35.9. The van der Waals surface area contributed by atoms with Gasteiger partial charge in [-0.3, -0.25) is 4.79 Å². The molecule has 1 saturated heterocycles. The zero-order chi connectivity index (χ0) is 37.9. The maximum absolute atomic E-state index is 12.7. The highest BCUT2D eigenvalue weighted by atomic mass is 16.7. The van der Waals surface area contributed by atoms with E-state index in [0.717, 1.165) is 32.1 Å². The summed E-state index contributed by atoms with van der Waals surface area (Å²) >= 11 is 0. The average Bonchev–Trinajstić information content (AvgIpc) is 3.14. The zero-order valence-corrected chi connectivity index (χ0v) is 33.8. The summed E-state index contributed by atoms with van der Waals surface area (Å²) in [5.41, 5.74) is 0. The first-order valence-corrected chi connectivity index (χ1v) is 22.1. The Labute approximate surface area is 319 Å². The van der Waals surface area contributed by atoms with E-state index in [9.17, 15) is 25.2 Å². The average molecular weight is 745 g/mol. The highest BCUT2D eigenvalue weighted by molar-refractivity contribution is 5.69. The predicted molar refractivity (Wildman–Crippen MR) is 210 cm³/mol. The van der Waals surface area contributed by atoms with Crippen LogP contribution in [0.4, 0.5) is 0 Å². The molecule has 1 heterocycles. The first kappa shape index (κ1) is 49.2. The number of aliphatic hydroxyl groups excluding tert-OH is 4. The van der Waals surface area contributed by atoms with Crippen molar-refractivity contribution < 1.29 is 44.2 Å². The van der Waals surface area contributed by atoms with Crippen molar-refractivity contribution in [3.05, 3.63) is 0 Å². The number of carbonyl (C=O) groups excluding carboxylic acids is 1. The molecule has 52 heavy (non-hydrogen) atoms. The van der Waals surface area contributed by atoms with Gasteiger partial charge in [-0.15, -0.1) is 0 Å². The van der Waals surface area contributed by atoms with E-state index in [1.807, 2.05) is 0 Å². The highest BCUT2D eigenvalue weighted by Crippen LogP contribution is 2.23. The number of aliphatic hydroxyl groups is 4. The molecule has 1 fully saturated rings. The monoisotopic (exact) mass is 745 g/mol. The Balaban J connectivity index is 2.19. The van der Waals surface area contributed by atoms with Gasteiger partial charge in [0.25, 0.3) is 0 Å². The van der Waals surface area contributed by atoms with Crippen LogP contribution < -0.4 is 0 Å². The molecule has 0 amide bonds. The molecule has 1 rings (SSSR count). The van der Waals surface area contributed by atoms with Crippen molar-refractivity contribution in [2.24, 2.45) is 0 Å². The minimum Gasteiger partial charge on any atom is -0.457 e. The molecule has 6 unspecified atom stereocenters. The molecule has 1 aliphatic rings. The van der Waals surface area contributed by atoms with Gasteiger partial charge in [0.2, 0.25) is 0 Å². The van der Waals surface area contributed by atoms with Gasteiger partial charge in [0, 0.05) is 13.0 Å². The third-order valence-electron chi connectivity index (χ3n) is 10.5. The molecule has 0 aromatic rings. The first-order valence-electron chi connectivity index (χ1n) is 22.1. The van der Waals surface area contributed by atoms with Crippen LogP contribution in [0.1, 0.15) is 206 Å². The molecule has 9 heteroatoms. The lowest BCUT2D eigenvalue weighted by molar-refractivity contribution is -0.305. The quantitative estimate of drug-likeness (QED) is 0.0360. The van der Waals surface area contributed by atoms with Crippen molar-refractivity contribution in [3.63, 3.8) is 0 Å². The van der Waals surface area contributed by atoms with Crippen molar-refractivity contribution in [1.29, 1.82) is 0 Å². The molecule has 0 bridgehead atoms. The number of hydrogen-bond acceptors (Lipinski definition) is 9. The molecule has 6 atom stereocenters. The van der Waals surface area contributed by atoms with Gasteiger partial charge in [0.05, 0.1) is 19.8 Å². The summed E-state index contributed by atoms with van der Waals surface area (Å²) in [6, 6.07) is 0. The van der Waals surface area contributed by atoms with Gasteiger partial charge in [-0.2, -0.15) is 0 Å². The number of unbranched alkanes of at least 4 members (excludes halogenated alkanes) is 27. The molecule has 0 saturated carbocycles. The number of carbonyl (C=O) groups is 1. The molecular weight excluding hydrogens is 660 g/mol. The number of ether oxygens (including phenoxy) is 4. The molecule has 0 spiro atoms. The van der Waals surface area contributed by atoms with E-state index in [-0.39, 0.29) is 19.2 Å². The Morgan fingerprint density at radius 2 is 0.942 bits per heavy atom. The summed E-state index contributed by atoms with van der Waals surface area (Å²) in [5.74, 6) is -0.309. The van der Waals surface area contributed by atoms with Crippen LogP contribution in [0.3, 0.4) is 0 Å². The van der Waals surface area contributed by atoms with E-state index in [0.29, 0.717) is 13.0 Å². The number of esters is 1. The van der Waals surface area contributed by atoms with Crippen molar-refractivity contribution in [1.82, 2.24) is 0 Å². The molecule has 0 aliphatic carbocycles. The maximum atomic E-state index is 12.7. The number of hydrogen-bond donors (Lipinski definition) is 4. The lowest BCUT2D eigenvalue weighted by atomic mass is 9.99. The minimum absolute atomic E-state index is 0.106. The van der Waals surface area contributed by atoms with Crippen LogP contribution in [0.5, 0.6) is 0 Å². The molecular formula is C43H84O9. The second-order valence-electron chi connectivity index (χ2n) is 15.5. The fourth-order valence-electron chi connectivity index (χ4n) is 7.02.